The van der Waals surface area contributed by atoms with E-state index in [9.17, 15) is 22.8 Å². The maximum absolute atomic E-state index is 12.2. The highest BCUT2D eigenvalue weighted by atomic mass is 19.4. The summed E-state index contributed by atoms with van der Waals surface area (Å²) in [5.41, 5.74) is 7.05. The van der Waals surface area contributed by atoms with E-state index in [4.69, 9.17) is 25.8 Å². The van der Waals surface area contributed by atoms with Crippen LogP contribution in [0.4, 0.5) is 13.2 Å². The van der Waals surface area contributed by atoms with Gasteiger partial charge >= 0.3 is 12.1 Å². The molecule has 0 heterocycles. The number of benzene rings is 2. The lowest BCUT2D eigenvalue weighted by atomic mass is 10.1. The van der Waals surface area contributed by atoms with Crippen LogP contribution in [-0.2, 0) is 4.79 Å². The van der Waals surface area contributed by atoms with E-state index < -0.39 is 12.1 Å². The fraction of sp³-hybridized carbons (Fsp3) is 0.273. The van der Waals surface area contributed by atoms with Crippen LogP contribution in [0.5, 0.6) is 5.75 Å². The standard InChI is InChI=1S/C20H24N4O3.C2HF3O2/c1-3-24(2)20(26)15-9-7-14(8-10-15)19(25)23-11-12-27-17-6-4-5-16(13-17)18(21)22;3-2(4,5)1(6)7/h4-10,13H,3,11-12H2,1-2H3,(H3,21,22)(H,23,25);(H,6,7). The molecule has 2 aromatic rings. The van der Waals surface area contributed by atoms with Crippen molar-refractivity contribution in [1.29, 1.82) is 5.41 Å². The fourth-order valence-corrected chi connectivity index (χ4v) is 2.32. The first kappa shape index (κ1) is 27.9. The number of nitrogen functional groups attached to an aromatic ring is 1. The van der Waals surface area contributed by atoms with Crippen molar-refractivity contribution in [3.63, 3.8) is 0 Å². The van der Waals surface area contributed by atoms with Gasteiger partial charge in [0, 0.05) is 30.3 Å². The lowest BCUT2D eigenvalue weighted by Crippen LogP contribution is -2.28. The number of halogens is 3. The maximum Gasteiger partial charge on any atom is 0.490 e. The lowest BCUT2D eigenvalue weighted by molar-refractivity contribution is -0.192. The van der Waals surface area contributed by atoms with Crippen LogP contribution in [-0.4, -0.2) is 66.5 Å². The molecule has 9 nitrogen and oxygen atoms in total. The van der Waals surface area contributed by atoms with Gasteiger partial charge in [-0.25, -0.2) is 4.79 Å². The topological polar surface area (TPSA) is 146 Å². The van der Waals surface area contributed by atoms with E-state index in [-0.39, 0.29) is 24.3 Å². The van der Waals surface area contributed by atoms with E-state index in [0.717, 1.165) is 0 Å². The molecule has 0 aliphatic rings. The summed E-state index contributed by atoms with van der Waals surface area (Å²) in [7, 11) is 1.73. The van der Waals surface area contributed by atoms with Gasteiger partial charge in [0.15, 0.2) is 0 Å². The molecular weight excluding hydrogens is 457 g/mol. The number of alkyl halides is 3. The second-order valence-corrected chi connectivity index (χ2v) is 6.75. The molecule has 0 spiro atoms. The first-order chi connectivity index (χ1) is 15.9. The molecule has 0 fully saturated rings. The Hall–Kier alpha value is -4.09. The number of amidine groups is 1. The average Bonchev–Trinajstić information content (AvgIpc) is 2.80. The number of nitrogens with one attached hydrogen (secondary N) is 2. The minimum atomic E-state index is -5.08. The monoisotopic (exact) mass is 482 g/mol. The molecule has 184 valence electrons. The molecule has 34 heavy (non-hydrogen) atoms. The number of rotatable bonds is 8. The SMILES string of the molecule is CCN(C)C(=O)c1ccc(C(=O)NCCOc2cccc(C(=N)N)c2)cc1.O=C(O)C(F)(F)F. The molecule has 0 unspecified atom stereocenters. The van der Waals surface area contributed by atoms with Crippen molar-refractivity contribution < 1.29 is 37.4 Å². The minimum Gasteiger partial charge on any atom is -0.492 e. The molecule has 0 saturated heterocycles. The Morgan fingerprint density at radius 2 is 1.65 bits per heavy atom. The van der Waals surface area contributed by atoms with Gasteiger partial charge in [-0.15, -0.1) is 0 Å². The molecule has 0 radical (unpaired) electrons. The number of ether oxygens (including phenoxy) is 1. The first-order valence-corrected chi connectivity index (χ1v) is 9.87. The van der Waals surface area contributed by atoms with Crippen molar-refractivity contribution in [3.05, 3.63) is 65.2 Å². The van der Waals surface area contributed by atoms with Crippen molar-refractivity contribution in [2.45, 2.75) is 13.1 Å². The van der Waals surface area contributed by atoms with Gasteiger partial charge in [0.1, 0.15) is 18.2 Å². The number of carboxylic acid groups (broad SMARTS) is 1. The van der Waals surface area contributed by atoms with Gasteiger partial charge < -0.3 is 25.8 Å². The Bertz CT molecular complexity index is 1010. The fourth-order valence-electron chi connectivity index (χ4n) is 2.32. The molecule has 0 aliphatic carbocycles. The normalized spacial score (nSPS) is 10.4. The first-order valence-electron chi connectivity index (χ1n) is 9.87. The highest BCUT2D eigenvalue weighted by molar-refractivity contribution is 5.97. The Balaban J connectivity index is 0.000000718. The summed E-state index contributed by atoms with van der Waals surface area (Å²) < 4.78 is 37.3. The zero-order chi connectivity index (χ0) is 25.9. The third-order valence-electron chi connectivity index (χ3n) is 4.26. The highest BCUT2D eigenvalue weighted by Crippen LogP contribution is 2.13. The molecule has 0 atom stereocenters. The van der Waals surface area contributed by atoms with E-state index >= 15 is 0 Å². The van der Waals surface area contributed by atoms with Gasteiger partial charge in [-0.2, -0.15) is 13.2 Å². The second-order valence-electron chi connectivity index (χ2n) is 6.75. The van der Waals surface area contributed by atoms with Gasteiger partial charge in [-0.3, -0.25) is 15.0 Å². The Morgan fingerprint density at radius 3 is 2.15 bits per heavy atom. The number of nitrogens with zero attached hydrogens (tertiary/aromatic N) is 1. The summed E-state index contributed by atoms with van der Waals surface area (Å²) >= 11 is 0. The zero-order valence-corrected chi connectivity index (χ0v) is 18.5. The summed E-state index contributed by atoms with van der Waals surface area (Å²) in [6.45, 7) is 3.13. The summed E-state index contributed by atoms with van der Waals surface area (Å²) in [5.74, 6) is -2.52. The van der Waals surface area contributed by atoms with Crippen LogP contribution in [0, 0.1) is 5.41 Å². The Morgan fingerprint density at radius 1 is 1.09 bits per heavy atom. The highest BCUT2D eigenvalue weighted by Gasteiger charge is 2.38. The molecule has 5 N–H and O–H groups in total. The number of carbonyl (C=O) groups is 3. The number of hydrogen-bond donors (Lipinski definition) is 4. The van der Waals surface area contributed by atoms with Gasteiger partial charge in [0.05, 0.1) is 6.54 Å². The van der Waals surface area contributed by atoms with Crippen LogP contribution in [0.3, 0.4) is 0 Å². The molecule has 2 rings (SSSR count). The number of aliphatic carboxylic acids is 1. The number of carbonyl (C=O) groups excluding carboxylic acids is 2. The zero-order valence-electron chi connectivity index (χ0n) is 18.5. The third kappa shape index (κ3) is 9.18. The molecule has 2 aromatic carbocycles. The van der Waals surface area contributed by atoms with E-state index in [0.29, 0.717) is 35.5 Å². The summed E-state index contributed by atoms with van der Waals surface area (Å²) in [6, 6.07) is 13.5. The van der Waals surface area contributed by atoms with Crippen LogP contribution in [0.25, 0.3) is 0 Å². The van der Waals surface area contributed by atoms with Crippen molar-refractivity contribution in [1.82, 2.24) is 10.2 Å². The molecule has 0 aromatic heterocycles. The molecular formula is C22H25F3N4O5. The average molecular weight is 482 g/mol. The Labute approximate surface area is 193 Å². The van der Waals surface area contributed by atoms with Crippen LogP contribution >= 0.6 is 0 Å². The van der Waals surface area contributed by atoms with Gasteiger partial charge in [0.25, 0.3) is 11.8 Å². The van der Waals surface area contributed by atoms with E-state index in [1.165, 1.54) is 0 Å². The number of amides is 2. The lowest BCUT2D eigenvalue weighted by Gasteiger charge is -2.14. The maximum atomic E-state index is 12.2. The minimum absolute atomic E-state index is 0.0270. The summed E-state index contributed by atoms with van der Waals surface area (Å²) in [6.07, 6.45) is -5.08. The summed E-state index contributed by atoms with van der Waals surface area (Å²) in [5, 5.41) is 17.3. The molecule has 2 amide bonds. The largest absolute Gasteiger partial charge is 0.492 e. The smallest absolute Gasteiger partial charge is 0.490 e. The van der Waals surface area contributed by atoms with E-state index in [2.05, 4.69) is 5.32 Å². The number of hydrogen-bond acceptors (Lipinski definition) is 5. The second kappa shape index (κ2) is 12.8. The number of nitrogens with two attached hydrogens (primary N) is 1. The van der Waals surface area contributed by atoms with Gasteiger partial charge in [-0.1, -0.05) is 12.1 Å². The number of carboxylic acids is 1. The van der Waals surface area contributed by atoms with Crippen molar-refractivity contribution in [2.75, 3.05) is 26.7 Å². The van der Waals surface area contributed by atoms with Crippen LogP contribution < -0.4 is 15.8 Å². The van der Waals surface area contributed by atoms with E-state index in [1.54, 1.807) is 60.5 Å². The molecule has 12 heteroatoms. The van der Waals surface area contributed by atoms with Crippen LogP contribution in [0.15, 0.2) is 48.5 Å². The quantitative estimate of drug-likeness (QED) is 0.258. The summed E-state index contributed by atoms with van der Waals surface area (Å²) in [4.78, 5) is 34.7. The predicted octanol–water partition coefficient (Wildman–Crippen LogP) is 2.50. The molecule has 0 bridgehead atoms. The van der Waals surface area contributed by atoms with Crippen molar-refractivity contribution in [2.24, 2.45) is 5.73 Å². The van der Waals surface area contributed by atoms with Crippen LogP contribution in [0.1, 0.15) is 33.2 Å². The van der Waals surface area contributed by atoms with Crippen molar-refractivity contribution >= 4 is 23.6 Å². The van der Waals surface area contributed by atoms with Crippen LogP contribution in [0.2, 0.25) is 0 Å². The molecule has 0 saturated carbocycles. The predicted molar refractivity (Wildman–Crippen MR) is 118 cm³/mol. The Kier molecular flexibility index (Phi) is 10.5. The molecule has 0 aliphatic heterocycles. The van der Waals surface area contributed by atoms with Gasteiger partial charge in [0.2, 0.25) is 0 Å². The third-order valence-corrected chi connectivity index (χ3v) is 4.26. The van der Waals surface area contributed by atoms with Gasteiger partial charge in [-0.05, 0) is 43.3 Å². The van der Waals surface area contributed by atoms with Crippen molar-refractivity contribution in [3.8, 4) is 5.75 Å². The van der Waals surface area contributed by atoms with E-state index in [1.807, 2.05) is 6.92 Å².